The molecule has 0 radical (unpaired) electrons. The number of amides is 2. The van der Waals surface area contributed by atoms with Gasteiger partial charge in [0.25, 0.3) is 11.8 Å². The lowest BCUT2D eigenvalue weighted by molar-refractivity contribution is 0.0540. The topological polar surface area (TPSA) is 157 Å². The standard InChI is InChI=1S/2C23H30N4O4S/c2*1-16(17-2-3-19-20(14-17)31-13-12-30-19)25-8-10-27(11-9-25)23-24-15-21(32-23)22(29)26-6-4-18(28)5-7-26/h2*2-3,14-16,18,28H,4-13H2,1H3/t2*16-/m10/s1. The number of benzene rings is 2. The number of ether oxygens (including phenoxy) is 4. The van der Waals surface area contributed by atoms with Crippen molar-refractivity contribution in [3.63, 3.8) is 0 Å². The molecule has 0 saturated carbocycles. The fourth-order valence-electron chi connectivity index (χ4n) is 9.13. The fraction of sp³-hybridized carbons (Fsp3) is 0.565. The van der Waals surface area contributed by atoms with Gasteiger partial charge >= 0.3 is 0 Å². The van der Waals surface area contributed by atoms with Crippen LogP contribution in [-0.4, -0.2) is 169 Å². The molecular weight excluding hydrogens is 857 g/mol. The molecule has 2 aromatic heterocycles. The Morgan fingerprint density at radius 1 is 0.547 bits per heavy atom. The number of aliphatic hydroxyl groups excluding tert-OH is 2. The van der Waals surface area contributed by atoms with Crippen molar-refractivity contribution in [2.75, 3.05) is 115 Å². The Morgan fingerprint density at radius 3 is 1.28 bits per heavy atom. The number of aromatic nitrogens is 2. The first kappa shape index (κ1) is 44.5. The lowest BCUT2D eigenvalue weighted by Crippen LogP contribution is -2.47. The van der Waals surface area contributed by atoms with Crippen molar-refractivity contribution in [2.45, 2.75) is 63.8 Å². The number of piperazine rings is 2. The lowest BCUT2D eigenvalue weighted by atomic mass is 10.1. The van der Waals surface area contributed by atoms with Crippen LogP contribution in [0, 0.1) is 0 Å². The minimum absolute atomic E-state index is 0.0338. The van der Waals surface area contributed by atoms with Crippen LogP contribution in [0.1, 0.15) is 82.1 Å². The van der Waals surface area contributed by atoms with Crippen LogP contribution in [0.4, 0.5) is 10.3 Å². The summed E-state index contributed by atoms with van der Waals surface area (Å²) in [5.74, 6) is 3.39. The monoisotopic (exact) mass is 916 g/mol. The van der Waals surface area contributed by atoms with E-state index in [0.29, 0.717) is 88.0 Å². The normalized spacial score (nSPS) is 20.9. The van der Waals surface area contributed by atoms with E-state index in [1.165, 1.54) is 33.8 Å². The van der Waals surface area contributed by atoms with Gasteiger partial charge < -0.3 is 48.8 Å². The number of hydrogen-bond donors (Lipinski definition) is 2. The van der Waals surface area contributed by atoms with Gasteiger partial charge in [0.15, 0.2) is 33.3 Å². The molecule has 2 amide bonds. The number of fused-ring (bicyclic) bond motifs is 2. The van der Waals surface area contributed by atoms with Gasteiger partial charge in [-0.15, -0.1) is 0 Å². The van der Waals surface area contributed by atoms with E-state index in [2.05, 4.69) is 67.7 Å². The van der Waals surface area contributed by atoms with Crippen molar-refractivity contribution < 1.29 is 38.7 Å². The van der Waals surface area contributed by atoms with E-state index in [0.717, 1.165) is 85.6 Å². The molecule has 6 aliphatic rings. The van der Waals surface area contributed by atoms with Crippen LogP contribution in [0.25, 0.3) is 0 Å². The third kappa shape index (κ3) is 10.2. The SMILES string of the molecule is C[C@@H](c1ccc2c(c1)OCCO2)N1CCN(c2ncc(C(=O)N3CCC(O)CC3)s2)CC1.C[C@H](c1ccc2c(c1)OCCO2)N1CCN(c2ncc(C(=O)N3CCC(O)CC3)s2)CC1. The quantitative estimate of drug-likeness (QED) is 0.249. The Bertz CT molecular complexity index is 2060. The molecule has 18 heteroatoms. The molecule has 4 saturated heterocycles. The number of thiazole rings is 2. The molecule has 0 unspecified atom stereocenters. The van der Waals surface area contributed by atoms with Crippen molar-refractivity contribution in [3.05, 3.63) is 69.7 Å². The van der Waals surface area contributed by atoms with Crippen molar-refractivity contribution >= 4 is 44.8 Å². The van der Waals surface area contributed by atoms with E-state index in [9.17, 15) is 19.8 Å². The van der Waals surface area contributed by atoms with Crippen molar-refractivity contribution in [1.82, 2.24) is 29.6 Å². The summed E-state index contributed by atoms with van der Waals surface area (Å²) in [7, 11) is 0. The number of carbonyl (C=O) groups excluding carboxylic acids is 2. The van der Waals surface area contributed by atoms with Crippen LogP contribution in [-0.2, 0) is 0 Å². The van der Waals surface area contributed by atoms with Crippen molar-refractivity contribution in [1.29, 1.82) is 0 Å². The summed E-state index contributed by atoms with van der Waals surface area (Å²) in [5.41, 5.74) is 2.47. The average Bonchev–Trinajstić information content (AvgIpc) is 4.06. The summed E-state index contributed by atoms with van der Waals surface area (Å²) >= 11 is 2.95. The third-order valence-corrected chi connectivity index (χ3v) is 15.4. The van der Waals surface area contributed by atoms with Crippen LogP contribution in [0.15, 0.2) is 48.8 Å². The Kier molecular flexibility index (Phi) is 14.0. The van der Waals surface area contributed by atoms with Crippen LogP contribution in [0.5, 0.6) is 23.0 Å². The first-order valence-corrected chi connectivity index (χ1v) is 24.4. The highest BCUT2D eigenvalue weighted by molar-refractivity contribution is 7.17. The van der Waals surface area contributed by atoms with Crippen LogP contribution < -0.4 is 28.7 Å². The number of carbonyl (C=O) groups is 2. The third-order valence-electron chi connectivity index (χ3n) is 13.3. The second kappa shape index (κ2) is 20.2. The largest absolute Gasteiger partial charge is 0.486 e. The van der Waals surface area contributed by atoms with E-state index < -0.39 is 0 Å². The van der Waals surface area contributed by atoms with Crippen molar-refractivity contribution in [2.24, 2.45) is 0 Å². The molecule has 0 bridgehead atoms. The number of nitrogens with zero attached hydrogens (tertiary/aromatic N) is 8. The zero-order chi connectivity index (χ0) is 44.2. The lowest BCUT2D eigenvalue weighted by Gasteiger charge is -2.38. The van der Waals surface area contributed by atoms with Crippen LogP contribution >= 0.6 is 22.7 Å². The summed E-state index contributed by atoms with van der Waals surface area (Å²) in [6.45, 7) is 16.6. The van der Waals surface area contributed by atoms with E-state index >= 15 is 0 Å². The van der Waals surface area contributed by atoms with Gasteiger partial charge in [-0.1, -0.05) is 34.8 Å². The molecule has 2 aromatic carbocycles. The van der Waals surface area contributed by atoms with Gasteiger partial charge in [-0.05, 0) is 74.9 Å². The molecular formula is C46H60N8O8S2. The molecule has 4 fully saturated rings. The highest BCUT2D eigenvalue weighted by Gasteiger charge is 2.30. The molecule has 0 spiro atoms. The summed E-state index contributed by atoms with van der Waals surface area (Å²) in [5, 5.41) is 21.2. The van der Waals surface area contributed by atoms with Gasteiger partial charge in [0, 0.05) is 90.6 Å². The Morgan fingerprint density at radius 2 is 0.906 bits per heavy atom. The zero-order valence-electron chi connectivity index (χ0n) is 36.8. The smallest absolute Gasteiger partial charge is 0.265 e. The fourth-order valence-corrected chi connectivity index (χ4v) is 11.0. The molecule has 16 nitrogen and oxygen atoms in total. The Labute approximate surface area is 382 Å². The van der Waals surface area contributed by atoms with Gasteiger partial charge in [-0.3, -0.25) is 19.4 Å². The van der Waals surface area contributed by atoms with Crippen LogP contribution in [0.3, 0.4) is 0 Å². The molecule has 8 heterocycles. The molecule has 2 atom stereocenters. The average molecular weight is 917 g/mol. The summed E-state index contributed by atoms with van der Waals surface area (Å²) in [6, 6.07) is 13.0. The number of hydrogen-bond acceptors (Lipinski definition) is 16. The highest BCUT2D eigenvalue weighted by atomic mass is 32.1. The summed E-state index contributed by atoms with van der Waals surface area (Å²) in [6.07, 6.45) is 5.47. The molecule has 2 N–H and O–H groups in total. The maximum absolute atomic E-state index is 12.8. The molecule has 10 rings (SSSR count). The molecule has 64 heavy (non-hydrogen) atoms. The molecule has 4 aromatic rings. The van der Waals surface area contributed by atoms with E-state index in [1.54, 1.807) is 12.4 Å². The predicted molar refractivity (Wildman–Crippen MR) is 246 cm³/mol. The first-order chi connectivity index (χ1) is 31.2. The van der Waals surface area contributed by atoms with E-state index in [4.69, 9.17) is 18.9 Å². The molecule has 0 aliphatic carbocycles. The maximum atomic E-state index is 12.8. The van der Waals surface area contributed by atoms with Gasteiger partial charge in [0.1, 0.15) is 36.2 Å². The number of rotatable bonds is 8. The second-order valence-corrected chi connectivity index (χ2v) is 19.3. The number of likely N-dealkylation sites (tertiary alicyclic amines) is 2. The number of anilines is 2. The number of piperidine rings is 2. The Hall–Kier alpha value is -4.72. The second-order valence-electron chi connectivity index (χ2n) is 17.3. The van der Waals surface area contributed by atoms with Crippen LogP contribution in [0.2, 0.25) is 0 Å². The number of aliphatic hydroxyl groups is 2. The minimum Gasteiger partial charge on any atom is -0.486 e. The minimum atomic E-state index is -0.281. The van der Waals surface area contributed by atoms with Gasteiger partial charge in [0.05, 0.1) is 24.6 Å². The zero-order valence-corrected chi connectivity index (χ0v) is 38.4. The molecule has 6 aliphatic heterocycles. The first-order valence-electron chi connectivity index (χ1n) is 22.8. The molecule has 344 valence electrons. The predicted octanol–water partition coefficient (Wildman–Crippen LogP) is 4.79. The maximum Gasteiger partial charge on any atom is 0.265 e. The van der Waals surface area contributed by atoms with E-state index in [-0.39, 0.29) is 36.1 Å². The summed E-state index contributed by atoms with van der Waals surface area (Å²) < 4.78 is 22.8. The van der Waals surface area contributed by atoms with Crippen molar-refractivity contribution in [3.8, 4) is 23.0 Å². The van der Waals surface area contributed by atoms with Gasteiger partial charge in [0.2, 0.25) is 0 Å². The van der Waals surface area contributed by atoms with Gasteiger partial charge in [-0.25, -0.2) is 9.97 Å². The van der Waals surface area contributed by atoms with E-state index in [1.807, 2.05) is 21.9 Å². The Balaban J connectivity index is 0.000000162. The highest BCUT2D eigenvalue weighted by Crippen LogP contribution is 2.37. The van der Waals surface area contributed by atoms with Gasteiger partial charge in [-0.2, -0.15) is 0 Å². The summed E-state index contributed by atoms with van der Waals surface area (Å²) in [4.78, 5) is 49.2.